The monoisotopic (exact) mass is 322 g/mol. The second kappa shape index (κ2) is 11.8. The van der Waals surface area contributed by atoms with Crippen molar-refractivity contribution in [2.45, 2.75) is 65.2 Å². The molecule has 1 aromatic carbocycles. The van der Waals surface area contributed by atoms with Crippen LogP contribution in [-0.2, 0) is 16.0 Å². The Morgan fingerprint density at radius 3 is 2.43 bits per heavy atom. The molecule has 0 spiro atoms. The summed E-state index contributed by atoms with van der Waals surface area (Å²) in [5, 5.41) is 9.92. The number of benzene rings is 1. The van der Waals surface area contributed by atoms with Gasteiger partial charge in [0, 0.05) is 0 Å². The summed E-state index contributed by atoms with van der Waals surface area (Å²) in [4.78, 5) is 11.3. The second-order valence-corrected chi connectivity index (χ2v) is 5.76. The molecule has 0 bridgehead atoms. The number of unbranched alkanes of at least 4 members (excludes halogenated alkanes) is 6. The Bertz CT molecular complexity index is 457. The molecule has 0 atom stereocenters. The number of phenolic OH excluding ortho intramolecular Hbond substituents is 1. The summed E-state index contributed by atoms with van der Waals surface area (Å²) in [5.41, 5.74) is 0.875. The molecule has 0 radical (unpaired) electrons. The third kappa shape index (κ3) is 8.48. The number of carbonyl (C=O) groups excluding carboxylic acids is 1. The van der Waals surface area contributed by atoms with Crippen LogP contribution in [0.2, 0.25) is 0 Å². The third-order valence-corrected chi connectivity index (χ3v) is 3.76. The fourth-order valence-corrected chi connectivity index (χ4v) is 2.47. The Labute approximate surface area is 139 Å². The first kappa shape index (κ1) is 19.3. The van der Waals surface area contributed by atoms with Gasteiger partial charge in [-0.15, -0.1) is 0 Å². The summed E-state index contributed by atoms with van der Waals surface area (Å²) in [5.74, 6) is 0.502. The summed E-state index contributed by atoms with van der Waals surface area (Å²) >= 11 is 0. The number of rotatable bonds is 12. The number of ether oxygens (including phenoxy) is 2. The van der Waals surface area contributed by atoms with Crippen molar-refractivity contribution < 1.29 is 19.4 Å². The van der Waals surface area contributed by atoms with E-state index in [1.54, 1.807) is 19.1 Å². The maximum Gasteiger partial charge on any atom is 0.344 e. The molecule has 23 heavy (non-hydrogen) atoms. The lowest BCUT2D eigenvalue weighted by Gasteiger charge is -2.09. The maximum atomic E-state index is 11.3. The highest BCUT2D eigenvalue weighted by Gasteiger charge is 2.07. The van der Waals surface area contributed by atoms with E-state index in [4.69, 9.17) is 9.47 Å². The van der Waals surface area contributed by atoms with Crippen molar-refractivity contribution in [3.8, 4) is 11.5 Å². The molecular formula is C19H30O4. The van der Waals surface area contributed by atoms with Gasteiger partial charge in [-0.1, -0.05) is 45.4 Å². The molecule has 0 heterocycles. The van der Waals surface area contributed by atoms with Crippen LogP contribution in [0.1, 0.15) is 64.4 Å². The van der Waals surface area contributed by atoms with Crippen LogP contribution in [-0.4, -0.2) is 24.3 Å². The van der Waals surface area contributed by atoms with Gasteiger partial charge in [0.25, 0.3) is 0 Å². The largest absolute Gasteiger partial charge is 0.508 e. The van der Waals surface area contributed by atoms with Crippen LogP contribution in [0.4, 0.5) is 0 Å². The van der Waals surface area contributed by atoms with E-state index in [0.29, 0.717) is 18.1 Å². The fourth-order valence-electron chi connectivity index (χ4n) is 2.47. The summed E-state index contributed by atoms with van der Waals surface area (Å²) < 4.78 is 10.2. The first-order valence-corrected chi connectivity index (χ1v) is 8.77. The molecule has 0 amide bonds. The first-order chi connectivity index (χ1) is 11.2. The Balaban J connectivity index is 2.34. The lowest BCUT2D eigenvalue weighted by Crippen LogP contribution is -2.14. The average molecular weight is 322 g/mol. The fraction of sp³-hybridized carbons (Fsp3) is 0.632. The van der Waals surface area contributed by atoms with Crippen molar-refractivity contribution in [2.75, 3.05) is 13.2 Å². The molecule has 0 saturated heterocycles. The van der Waals surface area contributed by atoms with E-state index in [2.05, 4.69) is 6.92 Å². The summed E-state index contributed by atoms with van der Waals surface area (Å²) in [6.45, 7) is 4.23. The van der Waals surface area contributed by atoms with Gasteiger partial charge in [0.05, 0.1) is 6.61 Å². The standard InChI is InChI=1S/C19H30O4/c1-3-5-6-7-8-9-10-11-16-14-17(12-13-18(16)20)23-15-19(21)22-4-2/h12-14,20H,3-11,15H2,1-2H3. The Morgan fingerprint density at radius 1 is 1.04 bits per heavy atom. The van der Waals surface area contributed by atoms with E-state index in [0.717, 1.165) is 18.4 Å². The molecule has 0 fully saturated rings. The highest BCUT2D eigenvalue weighted by atomic mass is 16.6. The lowest BCUT2D eigenvalue weighted by molar-refractivity contribution is -0.145. The zero-order chi connectivity index (χ0) is 16.9. The maximum absolute atomic E-state index is 11.3. The summed E-state index contributed by atoms with van der Waals surface area (Å²) in [7, 11) is 0. The van der Waals surface area contributed by atoms with Crippen molar-refractivity contribution in [1.29, 1.82) is 0 Å². The Hall–Kier alpha value is -1.71. The number of carbonyl (C=O) groups is 1. The van der Waals surface area contributed by atoms with Crippen LogP contribution in [0.5, 0.6) is 11.5 Å². The van der Waals surface area contributed by atoms with E-state index in [1.165, 1.54) is 38.5 Å². The normalized spacial score (nSPS) is 10.5. The van der Waals surface area contributed by atoms with Gasteiger partial charge < -0.3 is 14.6 Å². The number of aromatic hydroxyl groups is 1. The molecular weight excluding hydrogens is 292 g/mol. The molecule has 4 heteroatoms. The van der Waals surface area contributed by atoms with E-state index in [9.17, 15) is 9.90 Å². The average Bonchev–Trinajstić information content (AvgIpc) is 2.54. The van der Waals surface area contributed by atoms with Gasteiger partial charge in [-0.05, 0) is 43.5 Å². The van der Waals surface area contributed by atoms with Gasteiger partial charge in [-0.25, -0.2) is 4.79 Å². The zero-order valence-corrected chi connectivity index (χ0v) is 14.5. The molecule has 4 nitrogen and oxygen atoms in total. The topological polar surface area (TPSA) is 55.8 Å². The highest BCUT2D eigenvalue weighted by molar-refractivity contribution is 5.71. The van der Waals surface area contributed by atoms with Gasteiger partial charge in [-0.2, -0.15) is 0 Å². The van der Waals surface area contributed by atoms with Gasteiger partial charge in [0.1, 0.15) is 11.5 Å². The number of hydrogen-bond acceptors (Lipinski definition) is 4. The molecule has 0 aromatic heterocycles. The van der Waals surface area contributed by atoms with Gasteiger partial charge in [-0.3, -0.25) is 0 Å². The smallest absolute Gasteiger partial charge is 0.344 e. The number of hydrogen-bond donors (Lipinski definition) is 1. The van der Waals surface area contributed by atoms with Crippen LogP contribution < -0.4 is 4.74 Å². The van der Waals surface area contributed by atoms with E-state index in [1.807, 2.05) is 6.07 Å². The molecule has 1 rings (SSSR count). The molecule has 1 N–H and O–H groups in total. The number of phenols is 1. The predicted molar refractivity (Wildman–Crippen MR) is 91.9 cm³/mol. The van der Waals surface area contributed by atoms with Crippen LogP contribution in [0, 0.1) is 0 Å². The van der Waals surface area contributed by atoms with E-state index in [-0.39, 0.29) is 12.6 Å². The van der Waals surface area contributed by atoms with Crippen LogP contribution in [0.15, 0.2) is 18.2 Å². The minimum absolute atomic E-state index is 0.102. The van der Waals surface area contributed by atoms with Gasteiger partial charge in [0.15, 0.2) is 6.61 Å². The summed E-state index contributed by atoms with van der Waals surface area (Å²) in [6, 6.07) is 5.10. The predicted octanol–water partition coefficient (Wildman–Crippen LogP) is 4.63. The van der Waals surface area contributed by atoms with Crippen molar-refractivity contribution in [3.63, 3.8) is 0 Å². The highest BCUT2D eigenvalue weighted by Crippen LogP contribution is 2.25. The van der Waals surface area contributed by atoms with E-state index >= 15 is 0 Å². The number of aryl methyl sites for hydroxylation is 1. The van der Waals surface area contributed by atoms with Crippen molar-refractivity contribution >= 4 is 5.97 Å². The number of esters is 1. The summed E-state index contributed by atoms with van der Waals surface area (Å²) in [6.07, 6.45) is 9.52. The Kier molecular flexibility index (Phi) is 9.92. The van der Waals surface area contributed by atoms with Crippen LogP contribution >= 0.6 is 0 Å². The second-order valence-electron chi connectivity index (χ2n) is 5.76. The van der Waals surface area contributed by atoms with Crippen molar-refractivity contribution in [3.05, 3.63) is 23.8 Å². The van der Waals surface area contributed by atoms with Gasteiger partial charge in [0.2, 0.25) is 0 Å². The van der Waals surface area contributed by atoms with Gasteiger partial charge >= 0.3 is 5.97 Å². The molecule has 0 aliphatic heterocycles. The molecule has 0 saturated carbocycles. The Morgan fingerprint density at radius 2 is 1.74 bits per heavy atom. The van der Waals surface area contributed by atoms with Crippen molar-refractivity contribution in [2.24, 2.45) is 0 Å². The molecule has 0 unspecified atom stereocenters. The lowest BCUT2D eigenvalue weighted by atomic mass is 10.0. The first-order valence-electron chi connectivity index (χ1n) is 8.77. The van der Waals surface area contributed by atoms with Crippen LogP contribution in [0.25, 0.3) is 0 Å². The van der Waals surface area contributed by atoms with Crippen molar-refractivity contribution in [1.82, 2.24) is 0 Å². The van der Waals surface area contributed by atoms with E-state index < -0.39 is 0 Å². The molecule has 0 aliphatic carbocycles. The molecule has 130 valence electrons. The minimum atomic E-state index is -0.380. The molecule has 0 aliphatic rings. The molecule has 1 aromatic rings. The zero-order valence-electron chi connectivity index (χ0n) is 14.5. The quantitative estimate of drug-likeness (QED) is 0.450. The van der Waals surface area contributed by atoms with Crippen LogP contribution in [0.3, 0.4) is 0 Å². The third-order valence-electron chi connectivity index (χ3n) is 3.76. The minimum Gasteiger partial charge on any atom is -0.508 e. The SMILES string of the molecule is CCCCCCCCCc1cc(OCC(=O)OCC)ccc1O.